The number of terminal acetylenes is 1. The Balaban J connectivity index is 2.54. The lowest BCUT2D eigenvalue weighted by Crippen LogP contribution is -2.41. The van der Waals surface area contributed by atoms with Gasteiger partial charge in [0.2, 0.25) is 5.91 Å². The molecule has 19 heavy (non-hydrogen) atoms. The van der Waals surface area contributed by atoms with E-state index in [0.29, 0.717) is 18.0 Å². The van der Waals surface area contributed by atoms with E-state index in [1.807, 2.05) is 38.1 Å². The fourth-order valence-corrected chi connectivity index (χ4v) is 2.13. The van der Waals surface area contributed by atoms with E-state index in [1.54, 1.807) is 11.8 Å². The van der Waals surface area contributed by atoms with Crippen molar-refractivity contribution in [3.8, 4) is 12.3 Å². The minimum atomic E-state index is -0.565. The molecular formula is C15H20N2OS. The fourth-order valence-electron chi connectivity index (χ4n) is 1.62. The summed E-state index contributed by atoms with van der Waals surface area (Å²) in [7, 11) is 0. The van der Waals surface area contributed by atoms with Crippen molar-refractivity contribution < 1.29 is 4.79 Å². The molecule has 4 heteroatoms. The van der Waals surface area contributed by atoms with Gasteiger partial charge in [-0.15, -0.1) is 18.2 Å². The Hall–Kier alpha value is -1.60. The monoisotopic (exact) mass is 276 g/mol. The molecule has 1 amide bonds. The van der Waals surface area contributed by atoms with Crippen molar-refractivity contribution in [1.82, 2.24) is 5.32 Å². The summed E-state index contributed by atoms with van der Waals surface area (Å²) in [5.41, 5.74) is 6.74. The molecule has 1 aromatic rings. The van der Waals surface area contributed by atoms with Crippen LogP contribution in [0.4, 0.5) is 5.69 Å². The molecule has 0 aromatic heterocycles. The van der Waals surface area contributed by atoms with Crippen molar-refractivity contribution in [2.45, 2.75) is 19.3 Å². The van der Waals surface area contributed by atoms with E-state index in [9.17, 15) is 4.79 Å². The Morgan fingerprint density at radius 3 is 2.63 bits per heavy atom. The SMILES string of the molecule is C#CCSCCNC(=O)C(C)(C)c1ccc(N)cc1. The van der Waals surface area contributed by atoms with E-state index in [0.717, 1.165) is 11.3 Å². The first-order valence-corrected chi connectivity index (χ1v) is 7.29. The zero-order valence-corrected chi connectivity index (χ0v) is 12.2. The molecule has 0 spiro atoms. The quantitative estimate of drug-likeness (QED) is 0.475. The van der Waals surface area contributed by atoms with Crippen molar-refractivity contribution >= 4 is 23.4 Å². The molecule has 0 saturated carbocycles. The van der Waals surface area contributed by atoms with Crippen LogP contribution < -0.4 is 11.1 Å². The van der Waals surface area contributed by atoms with Crippen molar-refractivity contribution in [3.05, 3.63) is 29.8 Å². The highest BCUT2D eigenvalue weighted by atomic mass is 32.2. The first kappa shape index (κ1) is 15.5. The summed E-state index contributed by atoms with van der Waals surface area (Å²) in [5.74, 6) is 4.07. The standard InChI is InChI=1S/C15H20N2OS/c1-4-10-19-11-9-17-14(18)15(2,3)12-5-7-13(16)8-6-12/h1,5-8H,9-11,16H2,2-3H3,(H,17,18). The van der Waals surface area contributed by atoms with Gasteiger partial charge in [-0.05, 0) is 31.5 Å². The largest absolute Gasteiger partial charge is 0.399 e. The summed E-state index contributed by atoms with van der Waals surface area (Å²) in [6.45, 7) is 4.44. The van der Waals surface area contributed by atoms with Gasteiger partial charge in [0.25, 0.3) is 0 Å². The molecular weight excluding hydrogens is 256 g/mol. The summed E-state index contributed by atoms with van der Waals surface area (Å²) in [6, 6.07) is 7.41. The highest BCUT2D eigenvalue weighted by molar-refractivity contribution is 7.99. The Bertz CT molecular complexity index is 460. The Morgan fingerprint density at radius 1 is 1.42 bits per heavy atom. The number of amides is 1. The Morgan fingerprint density at radius 2 is 2.05 bits per heavy atom. The molecule has 1 rings (SSSR count). The lowest BCUT2D eigenvalue weighted by Gasteiger charge is -2.24. The molecule has 0 saturated heterocycles. The zero-order valence-electron chi connectivity index (χ0n) is 11.4. The summed E-state index contributed by atoms with van der Waals surface area (Å²) >= 11 is 1.64. The number of benzene rings is 1. The average molecular weight is 276 g/mol. The maximum absolute atomic E-state index is 12.2. The lowest BCUT2D eigenvalue weighted by molar-refractivity contribution is -0.125. The van der Waals surface area contributed by atoms with Gasteiger partial charge in [-0.3, -0.25) is 4.79 Å². The maximum atomic E-state index is 12.2. The normalized spacial score (nSPS) is 10.8. The molecule has 0 aliphatic rings. The van der Waals surface area contributed by atoms with Crippen LogP contribution in [0.2, 0.25) is 0 Å². The number of hydrogen-bond donors (Lipinski definition) is 2. The predicted octanol–water partition coefficient (Wildman–Crippen LogP) is 2.03. The van der Waals surface area contributed by atoms with Gasteiger partial charge in [0, 0.05) is 18.0 Å². The van der Waals surface area contributed by atoms with Crippen LogP contribution in [0.3, 0.4) is 0 Å². The van der Waals surface area contributed by atoms with Crippen LogP contribution in [0.15, 0.2) is 24.3 Å². The van der Waals surface area contributed by atoms with Crippen molar-refractivity contribution in [2.24, 2.45) is 0 Å². The third-order valence-corrected chi connectivity index (χ3v) is 3.78. The van der Waals surface area contributed by atoms with Crippen LogP contribution in [0, 0.1) is 12.3 Å². The van der Waals surface area contributed by atoms with Gasteiger partial charge in [-0.25, -0.2) is 0 Å². The van der Waals surface area contributed by atoms with Crippen LogP contribution >= 0.6 is 11.8 Å². The second-order valence-corrected chi connectivity index (χ2v) is 5.86. The number of anilines is 1. The van der Waals surface area contributed by atoms with E-state index in [2.05, 4.69) is 11.2 Å². The number of nitrogens with two attached hydrogens (primary N) is 1. The fraction of sp³-hybridized carbons (Fsp3) is 0.400. The number of nitrogen functional groups attached to an aromatic ring is 1. The highest BCUT2D eigenvalue weighted by Crippen LogP contribution is 2.24. The van der Waals surface area contributed by atoms with E-state index in [4.69, 9.17) is 12.2 Å². The molecule has 3 N–H and O–H groups in total. The molecule has 0 bridgehead atoms. The molecule has 0 aliphatic carbocycles. The molecule has 0 heterocycles. The van der Waals surface area contributed by atoms with E-state index in [-0.39, 0.29) is 5.91 Å². The molecule has 3 nitrogen and oxygen atoms in total. The Kier molecular flexibility index (Phi) is 5.78. The average Bonchev–Trinajstić information content (AvgIpc) is 2.38. The Labute approximate surface area is 119 Å². The lowest BCUT2D eigenvalue weighted by atomic mass is 9.83. The minimum Gasteiger partial charge on any atom is -0.399 e. The molecule has 102 valence electrons. The van der Waals surface area contributed by atoms with Crippen molar-refractivity contribution in [3.63, 3.8) is 0 Å². The van der Waals surface area contributed by atoms with Crippen LogP contribution in [0.5, 0.6) is 0 Å². The van der Waals surface area contributed by atoms with Crippen LogP contribution in [0.1, 0.15) is 19.4 Å². The number of hydrogen-bond acceptors (Lipinski definition) is 3. The molecule has 0 unspecified atom stereocenters. The number of nitrogens with one attached hydrogen (secondary N) is 1. The molecule has 0 aliphatic heterocycles. The molecule has 0 atom stereocenters. The van der Waals surface area contributed by atoms with Gasteiger partial charge >= 0.3 is 0 Å². The van der Waals surface area contributed by atoms with Crippen molar-refractivity contribution in [1.29, 1.82) is 0 Å². The third-order valence-electron chi connectivity index (χ3n) is 2.92. The number of carbonyl (C=O) groups is 1. The van der Waals surface area contributed by atoms with Crippen molar-refractivity contribution in [2.75, 3.05) is 23.8 Å². The van der Waals surface area contributed by atoms with Gasteiger partial charge in [-0.2, -0.15) is 0 Å². The highest BCUT2D eigenvalue weighted by Gasteiger charge is 2.29. The number of thioether (sulfide) groups is 1. The zero-order chi connectivity index (χ0) is 14.3. The van der Waals surface area contributed by atoms with Crippen LogP contribution in [-0.2, 0) is 10.2 Å². The second kappa shape index (κ2) is 7.10. The smallest absolute Gasteiger partial charge is 0.230 e. The number of carbonyl (C=O) groups excluding carboxylic acids is 1. The maximum Gasteiger partial charge on any atom is 0.230 e. The van der Waals surface area contributed by atoms with E-state index < -0.39 is 5.41 Å². The summed E-state index contributed by atoms with van der Waals surface area (Å²) in [5, 5.41) is 2.94. The number of rotatable bonds is 6. The molecule has 0 radical (unpaired) electrons. The molecule has 0 fully saturated rings. The van der Waals surface area contributed by atoms with Gasteiger partial charge in [0.05, 0.1) is 11.2 Å². The third kappa shape index (κ3) is 4.53. The van der Waals surface area contributed by atoms with E-state index in [1.165, 1.54) is 0 Å². The summed E-state index contributed by atoms with van der Waals surface area (Å²) in [4.78, 5) is 12.2. The first-order valence-electron chi connectivity index (χ1n) is 6.14. The van der Waals surface area contributed by atoms with Gasteiger partial charge in [0.1, 0.15) is 0 Å². The van der Waals surface area contributed by atoms with E-state index >= 15 is 0 Å². The summed E-state index contributed by atoms with van der Waals surface area (Å²) in [6.07, 6.45) is 5.16. The minimum absolute atomic E-state index is 0.0126. The van der Waals surface area contributed by atoms with Crippen LogP contribution in [-0.4, -0.2) is 24.0 Å². The topological polar surface area (TPSA) is 55.1 Å². The predicted molar refractivity (Wildman–Crippen MR) is 83.0 cm³/mol. The second-order valence-electron chi connectivity index (χ2n) is 4.76. The first-order chi connectivity index (χ1) is 8.98. The van der Waals surface area contributed by atoms with Gasteiger partial charge in [0.15, 0.2) is 0 Å². The summed E-state index contributed by atoms with van der Waals surface area (Å²) < 4.78 is 0. The van der Waals surface area contributed by atoms with Crippen LogP contribution in [0.25, 0.3) is 0 Å². The van der Waals surface area contributed by atoms with Gasteiger partial charge < -0.3 is 11.1 Å². The molecule has 1 aromatic carbocycles. The van der Waals surface area contributed by atoms with Gasteiger partial charge in [-0.1, -0.05) is 18.1 Å².